The normalized spacial score (nSPS) is 18.7. The quantitative estimate of drug-likeness (QED) is 0.370. The summed E-state index contributed by atoms with van der Waals surface area (Å²) in [6.45, 7) is 4.35. The number of hydrogen-bond acceptors (Lipinski definition) is 1. The van der Waals surface area contributed by atoms with Crippen LogP contribution in [0.25, 0.3) is 22.3 Å². The molecule has 2 unspecified atom stereocenters. The number of hydrogen-bond donors (Lipinski definition) is 0. The highest BCUT2D eigenvalue weighted by Crippen LogP contribution is 2.33. The van der Waals surface area contributed by atoms with Crippen LogP contribution in [0.5, 0.6) is 0 Å². The topological polar surface area (TPSA) is 9.23 Å². The first kappa shape index (κ1) is 21.4. The molecular formula is C27H25F3O. The van der Waals surface area contributed by atoms with E-state index < -0.39 is 11.6 Å². The van der Waals surface area contributed by atoms with E-state index in [1.807, 2.05) is 12.1 Å². The Morgan fingerprint density at radius 2 is 1.61 bits per heavy atom. The van der Waals surface area contributed by atoms with Crippen LogP contribution in [-0.2, 0) is 4.74 Å². The van der Waals surface area contributed by atoms with Crippen LogP contribution in [-0.4, -0.2) is 12.7 Å². The van der Waals surface area contributed by atoms with Gasteiger partial charge in [-0.05, 0) is 54.5 Å². The monoisotopic (exact) mass is 422 g/mol. The number of ether oxygens (including phenoxy) is 1. The van der Waals surface area contributed by atoms with Gasteiger partial charge in [-0.1, -0.05) is 54.6 Å². The minimum atomic E-state index is -0.887. The zero-order valence-electron chi connectivity index (χ0n) is 17.3. The van der Waals surface area contributed by atoms with Gasteiger partial charge >= 0.3 is 0 Å². The second-order valence-electron chi connectivity index (χ2n) is 8.01. The minimum Gasteiger partial charge on any atom is -0.378 e. The summed E-state index contributed by atoms with van der Waals surface area (Å²) < 4.78 is 48.4. The fourth-order valence-corrected chi connectivity index (χ4v) is 4.18. The predicted molar refractivity (Wildman–Crippen MR) is 118 cm³/mol. The minimum absolute atomic E-state index is 0.186. The van der Waals surface area contributed by atoms with E-state index in [0.29, 0.717) is 23.3 Å². The van der Waals surface area contributed by atoms with Gasteiger partial charge in [0, 0.05) is 17.0 Å². The zero-order valence-corrected chi connectivity index (χ0v) is 17.3. The third-order valence-electron chi connectivity index (χ3n) is 5.99. The van der Waals surface area contributed by atoms with Crippen molar-refractivity contribution in [2.75, 3.05) is 6.61 Å². The second kappa shape index (κ2) is 9.52. The highest BCUT2D eigenvalue weighted by Gasteiger charge is 2.23. The SMILES string of the molecule is C=CCCC1CCC(c2ccc(-c3ccc(-c4cccc(F)c4F)cc3)c(F)c2)CO1. The third kappa shape index (κ3) is 4.75. The Balaban J connectivity index is 1.48. The van der Waals surface area contributed by atoms with Crippen molar-refractivity contribution in [3.8, 4) is 22.3 Å². The summed E-state index contributed by atoms with van der Waals surface area (Å²) in [6.07, 6.45) is 6.06. The van der Waals surface area contributed by atoms with E-state index in [4.69, 9.17) is 4.74 Å². The average Bonchev–Trinajstić information content (AvgIpc) is 2.80. The molecule has 3 aromatic carbocycles. The highest BCUT2D eigenvalue weighted by atomic mass is 19.2. The van der Waals surface area contributed by atoms with E-state index in [0.717, 1.165) is 37.3 Å². The second-order valence-corrected chi connectivity index (χ2v) is 8.01. The molecule has 1 nitrogen and oxygen atoms in total. The molecule has 1 saturated heterocycles. The molecule has 0 aliphatic carbocycles. The molecule has 0 aromatic heterocycles. The Hall–Kier alpha value is -2.85. The van der Waals surface area contributed by atoms with Crippen molar-refractivity contribution in [3.05, 3.63) is 96.3 Å². The third-order valence-corrected chi connectivity index (χ3v) is 5.99. The standard InChI is InChI=1S/C27H25F3O/c1-2-3-5-22-14-12-21(17-31-22)20-13-15-23(26(29)16-20)18-8-10-19(11-9-18)24-6-4-7-25(28)27(24)30/h2,4,6-11,13,15-16,21-22H,1,3,5,12,14,17H2. The summed E-state index contributed by atoms with van der Waals surface area (Å²) in [5, 5.41) is 0. The van der Waals surface area contributed by atoms with Crippen LogP contribution in [0.1, 0.15) is 37.2 Å². The summed E-state index contributed by atoms with van der Waals surface area (Å²) in [4.78, 5) is 0. The van der Waals surface area contributed by atoms with Gasteiger partial charge in [-0.3, -0.25) is 0 Å². The van der Waals surface area contributed by atoms with Gasteiger partial charge in [-0.25, -0.2) is 13.2 Å². The van der Waals surface area contributed by atoms with E-state index in [1.165, 1.54) is 12.1 Å². The molecule has 160 valence electrons. The number of benzene rings is 3. The van der Waals surface area contributed by atoms with Crippen LogP contribution >= 0.6 is 0 Å². The van der Waals surface area contributed by atoms with Crippen LogP contribution in [0.2, 0.25) is 0 Å². The van der Waals surface area contributed by atoms with E-state index in [9.17, 15) is 13.2 Å². The van der Waals surface area contributed by atoms with E-state index in [1.54, 1.807) is 36.4 Å². The molecule has 1 fully saturated rings. The molecule has 0 saturated carbocycles. The van der Waals surface area contributed by atoms with Crippen LogP contribution in [0, 0.1) is 17.5 Å². The molecule has 1 aliphatic heterocycles. The Morgan fingerprint density at radius 1 is 0.871 bits per heavy atom. The van der Waals surface area contributed by atoms with Gasteiger partial charge in [0.25, 0.3) is 0 Å². The van der Waals surface area contributed by atoms with Gasteiger partial charge in [0.05, 0.1) is 12.7 Å². The highest BCUT2D eigenvalue weighted by molar-refractivity contribution is 5.71. The molecule has 0 amide bonds. The largest absolute Gasteiger partial charge is 0.378 e. The molecule has 1 heterocycles. The summed E-state index contributed by atoms with van der Waals surface area (Å²) >= 11 is 0. The van der Waals surface area contributed by atoms with Crippen molar-refractivity contribution < 1.29 is 17.9 Å². The van der Waals surface area contributed by atoms with Gasteiger partial charge < -0.3 is 4.74 Å². The van der Waals surface area contributed by atoms with Gasteiger partial charge in [-0.2, -0.15) is 0 Å². The van der Waals surface area contributed by atoms with Crippen LogP contribution in [0.15, 0.2) is 73.3 Å². The molecule has 4 rings (SSSR count). The maximum atomic E-state index is 14.9. The molecule has 31 heavy (non-hydrogen) atoms. The van der Waals surface area contributed by atoms with E-state index in [-0.39, 0.29) is 23.4 Å². The van der Waals surface area contributed by atoms with Crippen molar-refractivity contribution in [1.29, 1.82) is 0 Å². The van der Waals surface area contributed by atoms with Crippen LogP contribution < -0.4 is 0 Å². The van der Waals surface area contributed by atoms with Crippen molar-refractivity contribution in [2.45, 2.75) is 37.7 Å². The first-order chi connectivity index (χ1) is 15.1. The molecule has 0 N–H and O–H groups in total. The summed E-state index contributed by atoms with van der Waals surface area (Å²) in [7, 11) is 0. The smallest absolute Gasteiger partial charge is 0.166 e. The summed E-state index contributed by atoms with van der Waals surface area (Å²) in [5.41, 5.74) is 2.85. The first-order valence-electron chi connectivity index (χ1n) is 10.6. The lowest BCUT2D eigenvalue weighted by Gasteiger charge is -2.29. The molecular weight excluding hydrogens is 397 g/mol. The zero-order chi connectivity index (χ0) is 21.8. The lowest BCUT2D eigenvalue weighted by atomic mass is 9.89. The van der Waals surface area contributed by atoms with Crippen molar-refractivity contribution >= 4 is 0 Å². The molecule has 3 aromatic rings. The lowest BCUT2D eigenvalue weighted by Crippen LogP contribution is -2.24. The van der Waals surface area contributed by atoms with Crippen LogP contribution in [0.3, 0.4) is 0 Å². The maximum absolute atomic E-state index is 14.9. The number of halogens is 3. The Bertz CT molecular complexity index is 1050. The molecule has 0 spiro atoms. The first-order valence-corrected chi connectivity index (χ1v) is 10.6. The lowest BCUT2D eigenvalue weighted by molar-refractivity contribution is -0.000212. The Labute approximate surface area is 181 Å². The summed E-state index contributed by atoms with van der Waals surface area (Å²) in [6, 6.07) is 16.2. The van der Waals surface area contributed by atoms with E-state index in [2.05, 4.69) is 6.58 Å². The Kier molecular flexibility index (Phi) is 6.57. The van der Waals surface area contributed by atoms with Gasteiger partial charge in [-0.15, -0.1) is 6.58 Å². The fraction of sp³-hybridized carbons (Fsp3) is 0.259. The maximum Gasteiger partial charge on any atom is 0.166 e. The Morgan fingerprint density at radius 3 is 2.26 bits per heavy atom. The van der Waals surface area contributed by atoms with Crippen molar-refractivity contribution in [3.63, 3.8) is 0 Å². The fourth-order valence-electron chi connectivity index (χ4n) is 4.18. The molecule has 2 atom stereocenters. The molecule has 0 radical (unpaired) electrons. The van der Waals surface area contributed by atoms with Crippen molar-refractivity contribution in [2.24, 2.45) is 0 Å². The van der Waals surface area contributed by atoms with Gasteiger partial charge in [0.2, 0.25) is 0 Å². The van der Waals surface area contributed by atoms with E-state index >= 15 is 0 Å². The average molecular weight is 422 g/mol. The van der Waals surface area contributed by atoms with Gasteiger partial charge in [0.1, 0.15) is 5.82 Å². The number of rotatable bonds is 6. The predicted octanol–water partition coefficient (Wildman–Crippen LogP) is 7.67. The molecule has 0 bridgehead atoms. The van der Waals surface area contributed by atoms with Crippen LogP contribution in [0.4, 0.5) is 13.2 Å². The molecule has 4 heteroatoms. The summed E-state index contributed by atoms with van der Waals surface area (Å²) in [5.74, 6) is -1.87. The van der Waals surface area contributed by atoms with Crippen molar-refractivity contribution in [1.82, 2.24) is 0 Å². The number of allylic oxidation sites excluding steroid dienone is 1. The molecule has 1 aliphatic rings. The van der Waals surface area contributed by atoms with Gasteiger partial charge in [0.15, 0.2) is 11.6 Å².